The Labute approximate surface area is 90.6 Å². The number of thioether (sulfide) groups is 1. The van der Waals surface area contributed by atoms with Crippen LogP contribution in [0, 0.1) is 5.82 Å². The molecule has 8 heteroatoms. The second-order valence-electron chi connectivity index (χ2n) is 2.80. The zero-order valence-corrected chi connectivity index (χ0v) is 8.30. The quantitative estimate of drug-likeness (QED) is 0.499. The largest absolute Gasteiger partial charge is 0.464 e. The van der Waals surface area contributed by atoms with Crippen molar-refractivity contribution in [3.05, 3.63) is 24.0 Å². The fourth-order valence-electron chi connectivity index (χ4n) is 0.777. The molecule has 0 saturated heterocycles. The van der Waals surface area contributed by atoms with Crippen LogP contribution in [0.3, 0.4) is 0 Å². The first-order chi connectivity index (χ1) is 7.13. The summed E-state index contributed by atoms with van der Waals surface area (Å²) in [6.07, 6.45) is -5.68. The highest BCUT2D eigenvalue weighted by atomic mass is 32.2. The van der Waals surface area contributed by atoms with Gasteiger partial charge in [-0.1, -0.05) is 0 Å². The molecule has 90 valence electrons. The topological polar surface area (TPSA) is 26.0 Å². The van der Waals surface area contributed by atoms with Crippen LogP contribution in [0.2, 0.25) is 0 Å². The molecule has 0 fully saturated rings. The van der Waals surface area contributed by atoms with Crippen molar-refractivity contribution in [3.8, 4) is 0 Å². The zero-order chi connectivity index (χ0) is 12.6. The van der Waals surface area contributed by atoms with Gasteiger partial charge in [-0.15, -0.1) is 0 Å². The minimum Gasteiger partial charge on any atom is -0.396 e. The Bertz CT molecular complexity index is 389. The Morgan fingerprint density at radius 3 is 2.06 bits per heavy atom. The molecule has 0 aromatic heterocycles. The molecule has 16 heavy (non-hydrogen) atoms. The molecular formula is C8H5F6NS. The normalized spacial score (nSPS) is 12.9. The van der Waals surface area contributed by atoms with E-state index in [-0.39, 0.29) is 5.69 Å². The smallest absolute Gasteiger partial charge is 0.396 e. The minimum absolute atomic E-state index is 0.320. The Hall–Kier alpha value is -1.05. The summed E-state index contributed by atoms with van der Waals surface area (Å²) in [5.74, 6) is -1.04. The Balaban J connectivity index is 2.93. The number of hydrogen-bond donors (Lipinski definition) is 1. The summed E-state index contributed by atoms with van der Waals surface area (Å²) in [5, 5.41) is -4.96. The predicted molar refractivity (Wildman–Crippen MR) is 47.7 cm³/mol. The lowest BCUT2D eigenvalue weighted by Crippen LogP contribution is -2.32. The second kappa shape index (κ2) is 4.08. The van der Waals surface area contributed by atoms with E-state index < -0.39 is 33.9 Å². The van der Waals surface area contributed by atoms with E-state index in [1.54, 1.807) is 0 Å². The monoisotopic (exact) mass is 261 g/mol. The molecule has 0 aliphatic heterocycles. The van der Waals surface area contributed by atoms with Crippen LogP contribution in [0.25, 0.3) is 0 Å². The predicted octanol–water partition coefficient (Wildman–Crippen LogP) is 3.66. The summed E-state index contributed by atoms with van der Waals surface area (Å²) in [6.45, 7) is 0. The number of anilines is 1. The fourth-order valence-corrected chi connectivity index (χ4v) is 1.49. The number of benzene rings is 1. The van der Waals surface area contributed by atoms with E-state index in [4.69, 9.17) is 5.73 Å². The van der Waals surface area contributed by atoms with Crippen molar-refractivity contribution in [2.45, 2.75) is 16.3 Å². The van der Waals surface area contributed by atoms with E-state index in [0.717, 1.165) is 12.1 Å². The molecule has 0 amide bonds. The van der Waals surface area contributed by atoms with Gasteiger partial charge in [0.15, 0.2) is 0 Å². The van der Waals surface area contributed by atoms with Crippen molar-refractivity contribution < 1.29 is 26.3 Å². The van der Waals surface area contributed by atoms with Crippen molar-refractivity contribution >= 4 is 17.4 Å². The number of nitrogens with two attached hydrogens (primary N) is 1. The third-order valence-electron chi connectivity index (χ3n) is 1.55. The van der Waals surface area contributed by atoms with Crippen molar-refractivity contribution in [3.63, 3.8) is 0 Å². The van der Waals surface area contributed by atoms with Gasteiger partial charge in [-0.2, -0.15) is 22.0 Å². The van der Waals surface area contributed by atoms with E-state index in [0.29, 0.717) is 6.07 Å². The van der Waals surface area contributed by atoms with E-state index >= 15 is 0 Å². The molecule has 0 saturated carbocycles. The van der Waals surface area contributed by atoms with Gasteiger partial charge in [0.2, 0.25) is 0 Å². The maximum Gasteiger partial charge on any atom is 0.464 e. The van der Waals surface area contributed by atoms with Gasteiger partial charge in [0.1, 0.15) is 5.82 Å². The van der Waals surface area contributed by atoms with Crippen molar-refractivity contribution in [1.82, 2.24) is 0 Å². The van der Waals surface area contributed by atoms with Crippen LogP contribution in [0.4, 0.5) is 32.0 Å². The molecule has 0 heterocycles. The zero-order valence-electron chi connectivity index (χ0n) is 7.49. The SMILES string of the molecule is Nc1ccc(SC(F)(F)C(F)(F)F)cc1F. The molecule has 0 spiro atoms. The first kappa shape index (κ1) is 13.0. The summed E-state index contributed by atoms with van der Waals surface area (Å²) < 4.78 is 73.3. The van der Waals surface area contributed by atoms with Gasteiger partial charge in [0.25, 0.3) is 0 Å². The molecule has 0 atom stereocenters. The average molecular weight is 261 g/mol. The Kier molecular flexibility index (Phi) is 3.32. The lowest BCUT2D eigenvalue weighted by molar-refractivity contribution is -0.237. The summed E-state index contributed by atoms with van der Waals surface area (Å²) in [6, 6.07) is 2.34. The van der Waals surface area contributed by atoms with E-state index in [9.17, 15) is 26.3 Å². The summed E-state index contributed by atoms with van der Waals surface area (Å²) in [4.78, 5) is -0.547. The van der Waals surface area contributed by atoms with Gasteiger partial charge in [-0.05, 0) is 30.0 Å². The second-order valence-corrected chi connectivity index (χ2v) is 3.99. The molecule has 1 aromatic rings. The van der Waals surface area contributed by atoms with Gasteiger partial charge in [0, 0.05) is 4.90 Å². The fraction of sp³-hybridized carbons (Fsp3) is 0.250. The highest BCUT2D eigenvalue weighted by Gasteiger charge is 2.58. The van der Waals surface area contributed by atoms with Crippen molar-refractivity contribution in [2.75, 3.05) is 5.73 Å². The van der Waals surface area contributed by atoms with Crippen molar-refractivity contribution in [2.24, 2.45) is 0 Å². The summed E-state index contributed by atoms with van der Waals surface area (Å²) in [7, 11) is 0. The van der Waals surface area contributed by atoms with Gasteiger partial charge in [-0.25, -0.2) is 4.39 Å². The van der Waals surface area contributed by atoms with E-state index in [2.05, 4.69) is 0 Å². The third kappa shape index (κ3) is 2.75. The summed E-state index contributed by atoms with van der Waals surface area (Å²) in [5.41, 5.74) is 4.72. The number of hydrogen-bond acceptors (Lipinski definition) is 2. The molecule has 0 bridgehead atoms. The van der Waals surface area contributed by atoms with Crippen LogP contribution in [-0.4, -0.2) is 11.4 Å². The molecule has 0 aliphatic rings. The first-order valence-electron chi connectivity index (χ1n) is 3.82. The van der Waals surface area contributed by atoms with Crippen LogP contribution in [0.5, 0.6) is 0 Å². The molecule has 0 aliphatic carbocycles. The maximum absolute atomic E-state index is 12.8. The lowest BCUT2D eigenvalue weighted by Gasteiger charge is -2.18. The van der Waals surface area contributed by atoms with Crippen molar-refractivity contribution in [1.29, 1.82) is 0 Å². The lowest BCUT2D eigenvalue weighted by atomic mass is 10.3. The minimum atomic E-state index is -5.68. The van der Waals surface area contributed by atoms with Gasteiger partial charge in [0.05, 0.1) is 5.69 Å². The number of nitrogen functional groups attached to an aromatic ring is 1. The van der Waals surface area contributed by atoms with E-state index in [1.807, 2.05) is 0 Å². The molecule has 0 unspecified atom stereocenters. The van der Waals surface area contributed by atoms with Gasteiger partial charge in [-0.3, -0.25) is 0 Å². The molecule has 1 aromatic carbocycles. The average Bonchev–Trinajstić information content (AvgIpc) is 2.09. The standard InChI is InChI=1S/C8H5F6NS/c9-5-3-4(1-2-6(5)15)16-8(13,14)7(10,11)12/h1-3H,15H2. The number of alkyl halides is 5. The van der Waals surface area contributed by atoms with Gasteiger partial charge < -0.3 is 5.73 Å². The van der Waals surface area contributed by atoms with Crippen LogP contribution in [-0.2, 0) is 0 Å². The number of rotatable bonds is 2. The van der Waals surface area contributed by atoms with Crippen LogP contribution in [0.1, 0.15) is 0 Å². The molecule has 2 N–H and O–H groups in total. The van der Waals surface area contributed by atoms with Gasteiger partial charge >= 0.3 is 11.4 Å². The highest BCUT2D eigenvalue weighted by molar-refractivity contribution is 8.00. The Morgan fingerprint density at radius 2 is 1.62 bits per heavy atom. The van der Waals surface area contributed by atoms with Crippen LogP contribution < -0.4 is 5.73 Å². The van der Waals surface area contributed by atoms with E-state index in [1.165, 1.54) is 0 Å². The first-order valence-corrected chi connectivity index (χ1v) is 4.64. The molecule has 0 radical (unpaired) electrons. The van der Waals surface area contributed by atoms with Crippen LogP contribution in [0.15, 0.2) is 23.1 Å². The molecule has 1 nitrogen and oxygen atoms in total. The highest BCUT2D eigenvalue weighted by Crippen LogP contribution is 2.47. The Morgan fingerprint density at radius 1 is 1.06 bits per heavy atom. The molecular weight excluding hydrogens is 256 g/mol. The third-order valence-corrected chi connectivity index (χ3v) is 2.53. The maximum atomic E-state index is 12.8. The molecule has 1 rings (SSSR count). The summed E-state index contributed by atoms with van der Waals surface area (Å²) >= 11 is -0.778. The van der Waals surface area contributed by atoms with Crippen LogP contribution >= 0.6 is 11.8 Å². The number of halogens is 6.